The maximum atomic E-state index is 13.5. The van der Waals surface area contributed by atoms with Crippen molar-refractivity contribution in [2.24, 2.45) is 20.0 Å². The van der Waals surface area contributed by atoms with E-state index in [1.807, 2.05) is 68.4 Å². The first kappa shape index (κ1) is 21.9. The van der Waals surface area contributed by atoms with Crippen molar-refractivity contribution in [1.29, 1.82) is 5.41 Å². The van der Waals surface area contributed by atoms with Gasteiger partial charge < -0.3 is 14.5 Å². The minimum absolute atomic E-state index is 0.0976. The Hall–Kier alpha value is -3.94. The van der Waals surface area contributed by atoms with Crippen LogP contribution in [-0.4, -0.2) is 29.8 Å². The number of imidazole rings is 1. The number of rotatable bonds is 7. The third-order valence-corrected chi connectivity index (χ3v) is 6.44. The second kappa shape index (κ2) is 8.78. The second-order valence-corrected chi connectivity index (χ2v) is 9.17. The highest BCUT2D eigenvalue weighted by molar-refractivity contribution is 5.96. The number of hydrogen-bond donors (Lipinski definition) is 2. The van der Waals surface area contributed by atoms with Crippen molar-refractivity contribution in [1.82, 2.24) is 29.2 Å². The quantitative estimate of drug-likeness (QED) is 0.448. The predicted octanol–water partition coefficient (Wildman–Crippen LogP) is 3.34. The third kappa shape index (κ3) is 4.44. The van der Waals surface area contributed by atoms with E-state index in [0.29, 0.717) is 23.6 Å². The van der Waals surface area contributed by atoms with Crippen molar-refractivity contribution in [3.8, 4) is 11.3 Å². The van der Waals surface area contributed by atoms with Gasteiger partial charge in [0, 0.05) is 50.0 Å². The Morgan fingerprint density at radius 2 is 1.97 bits per heavy atom. The molecular weight excluding hydrogens is 426 g/mol. The molecule has 1 fully saturated rings. The maximum absolute atomic E-state index is 13.5. The van der Waals surface area contributed by atoms with Crippen LogP contribution in [0.5, 0.6) is 0 Å². The summed E-state index contributed by atoms with van der Waals surface area (Å²) in [6.07, 6.45) is 9.49. The topological polar surface area (TPSA) is 93.5 Å². The van der Waals surface area contributed by atoms with Crippen LogP contribution in [0.4, 0.5) is 0 Å². The normalized spacial score (nSPS) is 14.2. The van der Waals surface area contributed by atoms with Crippen molar-refractivity contribution in [2.75, 3.05) is 0 Å². The molecule has 34 heavy (non-hydrogen) atoms. The molecule has 1 amide bonds. The third-order valence-electron chi connectivity index (χ3n) is 6.44. The minimum Gasteiger partial charge on any atom is -0.343 e. The predicted molar refractivity (Wildman–Crippen MR) is 129 cm³/mol. The molecule has 1 unspecified atom stereocenters. The van der Waals surface area contributed by atoms with Gasteiger partial charge in [-0.15, -0.1) is 0 Å². The Bertz CT molecular complexity index is 1410. The number of benzene rings is 1. The lowest BCUT2D eigenvalue weighted by molar-refractivity contribution is 0.0930. The van der Waals surface area contributed by atoms with Crippen LogP contribution in [0.15, 0.2) is 61.2 Å². The fourth-order valence-corrected chi connectivity index (χ4v) is 4.38. The molecule has 0 saturated heterocycles. The molecule has 174 valence electrons. The average Bonchev–Trinajstić information content (AvgIpc) is 3.50. The maximum Gasteiger partial charge on any atom is 0.251 e. The highest BCUT2D eigenvalue weighted by Gasteiger charge is 2.34. The average molecular weight is 456 g/mol. The van der Waals surface area contributed by atoms with E-state index in [-0.39, 0.29) is 11.9 Å². The molecule has 8 nitrogen and oxygen atoms in total. The monoisotopic (exact) mass is 455 g/mol. The van der Waals surface area contributed by atoms with Crippen LogP contribution in [-0.2, 0) is 20.6 Å². The molecule has 1 aromatic carbocycles. The van der Waals surface area contributed by atoms with Crippen LogP contribution >= 0.6 is 0 Å². The molecule has 3 heterocycles. The van der Waals surface area contributed by atoms with Gasteiger partial charge in [0.2, 0.25) is 5.62 Å². The van der Waals surface area contributed by atoms with Crippen molar-refractivity contribution >= 4 is 5.91 Å². The van der Waals surface area contributed by atoms with Crippen molar-refractivity contribution in [3.05, 3.63) is 89.2 Å². The smallest absolute Gasteiger partial charge is 0.251 e. The lowest BCUT2D eigenvalue weighted by atomic mass is 10.0. The summed E-state index contributed by atoms with van der Waals surface area (Å²) in [5, 5.41) is 15.8. The molecule has 2 N–H and O–H groups in total. The molecule has 0 aliphatic heterocycles. The molecule has 8 heteroatoms. The van der Waals surface area contributed by atoms with E-state index in [9.17, 15) is 4.79 Å². The van der Waals surface area contributed by atoms with Crippen LogP contribution in [0.25, 0.3) is 11.3 Å². The van der Waals surface area contributed by atoms with Crippen LogP contribution in [0.3, 0.4) is 0 Å². The standard InChI is InChI=1S/C26H29N7O/c1-17-6-8-28-22(12-17)24(19-4-5-19)30-25(34)21-14-18(16-33-11-10-31(2)26(33)27)13-20(15-21)23-7-9-29-32(23)3/h6-15,19,24,27H,4-5,16H2,1-3H3,(H,30,34). The first-order valence-electron chi connectivity index (χ1n) is 11.5. The summed E-state index contributed by atoms with van der Waals surface area (Å²) in [5.74, 6) is 0.304. The fraction of sp³-hybridized carbons (Fsp3) is 0.308. The lowest BCUT2D eigenvalue weighted by Crippen LogP contribution is -2.30. The molecule has 1 saturated carbocycles. The number of hydrogen-bond acceptors (Lipinski definition) is 4. The zero-order chi connectivity index (χ0) is 23.8. The summed E-state index contributed by atoms with van der Waals surface area (Å²) in [6.45, 7) is 2.54. The van der Waals surface area contributed by atoms with Crippen LogP contribution in [0.2, 0.25) is 0 Å². The van der Waals surface area contributed by atoms with E-state index >= 15 is 0 Å². The summed E-state index contributed by atoms with van der Waals surface area (Å²) >= 11 is 0. The van der Waals surface area contributed by atoms with Crippen molar-refractivity contribution < 1.29 is 4.79 Å². The van der Waals surface area contributed by atoms with Gasteiger partial charge in [0.05, 0.1) is 24.0 Å². The Balaban J connectivity index is 1.50. The lowest BCUT2D eigenvalue weighted by Gasteiger charge is -2.19. The van der Waals surface area contributed by atoms with Crippen molar-refractivity contribution in [3.63, 3.8) is 0 Å². The van der Waals surface area contributed by atoms with Gasteiger partial charge in [-0.25, -0.2) is 0 Å². The number of amides is 1. The number of carbonyl (C=O) groups is 1. The van der Waals surface area contributed by atoms with E-state index in [1.54, 1.807) is 15.4 Å². The Labute approximate surface area is 198 Å². The van der Waals surface area contributed by atoms with E-state index in [4.69, 9.17) is 5.41 Å². The number of nitrogens with zero attached hydrogens (tertiary/aromatic N) is 5. The Morgan fingerprint density at radius 1 is 1.15 bits per heavy atom. The van der Waals surface area contributed by atoms with Crippen LogP contribution in [0, 0.1) is 18.3 Å². The number of carbonyl (C=O) groups excluding carboxylic acids is 1. The number of pyridine rings is 1. The van der Waals surface area contributed by atoms with E-state index in [2.05, 4.69) is 27.5 Å². The molecule has 3 aromatic heterocycles. The molecule has 5 rings (SSSR count). The summed E-state index contributed by atoms with van der Waals surface area (Å²) in [4.78, 5) is 18.1. The van der Waals surface area contributed by atoms with Gasteiger partial charge in [-0.3, -0.25) is 19.9 Å². The zero-order valence-electron chi connectivity index (χ0n) is 19.7. The van der Waals surface area contributed by atoms with Gasteiger partial charge in [0.1, 0.15) is 0 Å². The van der Waals surface area contributed by atoms with Crippen LogP contribution in [0.1, 0.15) is 46.1 Å². The number of aromatic nitrogens is 5. The molecule has 1 aliphatic rings. The van der Waals surface area contributed by atoms with Gasteiger partial charge in [-0.05, 0) is 73.2 Å². The van der Waals surface area contributed by atoms with Crippen LogP contribution < -0.4 is 10.9 Å². The zero-order valence-corrected chi connectivity index (χ0v) is 19.7. The van der Waals surface area contributed by atoms with Gasteiger partial charge in [-0.1, -0.05) is 0 Å². The molecule has 0 radical (unpaired) electrons. The molecule has 1 atom stereocenters. The first-order chi connectivity index (χ1) is 16.4. The summed E-state index contributed by atoms with van der Waals surface area (Å²) < 4.78 is 5.41. The van der Waals surface area contributed by atoms with E-state index in [0.717, 1.165) is 40.9 Å². The summed E-state index contributed by atoms with van der Waals surface area (Å²) in [6, 6.07) is 11.8. The van der Waals surface area contributed by atoms with Gasteiger partial charge in [0.15, 0.2) is 0 Å². The summed E-state index contributed by atoms with van der Waals surface area (Å²) in [7, 11) is 3.74. The molecule has 4 aromatic rings. The highest BCUT2D eigenvalue weighted by Crippen LogP contribution is 2.40. The SMILES string of the molecule is Cc1ccnc(C(NC(=O)c2cc(Cn3ccn(C)c3=N)cc(-c3ccnn3C)c2)C2CC2)c1. The summed E-state index contributed by atoms with van der Waals surface area (Å²) in [5.41, 5.74) is 5.84. The van der Waals surface area contributed by atoms with Gasteiger partial charge >= 0.3 is 0 Å². The van der Waals surface area contributed by atoms with Gasteiger partial charge in [-0.2, -0.15) is 5.10 Å². The largest absolute Gasteiger partial charge is 0.343 e. The first-order valence-corrected chi connectivity index (χ1v) is 11.5. The number of nitrogens with one attached hydrogen (secondary N) is 2. The second-order valence-electron chi connectivity index (χ2n) is 9.17. The van der Waals surface area contributed by atoms with Gasteiger partial charge in [0.25, 0.3) is 5.91 Å². The molecule has 0 bridgehead atoms. The van der Waals surface area contributed by atoms with E-state index < -0.39 is 0 Å². The molecule has 1 aliphatic carbocycles. The Kier molecular flexibility index (Phi) is 5.65. The molecule has 0 spiro atoms. The fourth-order valence-electron chi connectivity index (χ4n) is 4.38. The molecular formula is C26H29N7O. The van der Waals surface area contributed by atoms with E-state index in [1.165, 1.54) is 0 Å². The van der Waals surface area contributed by atoms with Crippen molar-refractivity contribution in [2.45, 2.75) is 32.4 Å². The Morgan fingerprint density at radius 3 is 2.62 bits per heavy atom. The number of aryl methyl sites for hydroxylation is 3. The highest BCUT2D eigenvalue weighted by atomic mass is 16.1. The minimum atomic E-state index is -0.116.